The van der Waals surface area contributed by atoms with E-state index in [2.05, 4.69) is 10.2 Å². The van der Waals surface area contributed by atoms with Crippen LogP contribution in [0.1, 0.15) is 0 Å². The number of hydrogen-bond donors (Lipinski definition) is 1. The lowest BCUT2D eigenvalue weighted by atomic mass is 10.5. The van der Waals surface area contributed by atoms with Gasteiger partial charge < -0.3 is 5.73 Å². The summed E-state index contributed by atoms with van der Waals surface area (Å²) in [5.41, 5.74) is 5.99. The molecule has 0 atom stereocenters. The van der Waals surface area contributed by atoms with E-state index in [-0.39, 0.29) is 0 Å². The van der Waals surface area contributed by atoms with E-state index >= 15 is 0 Å². The second-order valence-corrected chi connectivity index (χ2v) is 2.82. The summed E-state index contributed by atoms with van der Waals surface area (Å²) >= 11 is 7.44. The Kier molecular flexibility index (Phi) is 2.07. The van der Waals surface area contributed by atoms with Crippen LogP contribution in [0, 0.1) is 3.70 Å². The lowest BCUT2D eigenvalue weighted by Gasteiger charge is -1.93. The number of anilines is 1. The Balaban J connectivity index is 3.17. The average molecular weight is 255 g/mol. The van der Waals surface area contributed by atoms with Crippen LogP contribution >= 0.6 is 34.2 Å². The van der Waals surface area contributed by atoms with Gasteiger partial charge in [0.15, 0.2) is 5.15 Å². The molecule has 0 aliphatic carbocycles. The molecule has 5 heteroatoms. The fraction of sp³-hybridized carbons (Fsp3) is 0. The second-order valence-electron chi connectivity index (χ2n) is 1.41. The molecule has 0 fully saturated rings. The van der Waals surface area contributed by atoms with Gasteiger partial charge in [-0.3, -0.25) is 0 Å². The summed E-state index contributed by atoms with van der Waals surface area (Å²) in [6.07, 6.45) is 0. The van der Waals surface area contributed by atoms with Crippen LogP contribution in [0.4, 0.5) is 5.69 Å². The van der Waals surface area contributed by atoms with Crippen molar-refractivity contribution in [3.63, 3.8) is 0 Å². The topological polar surface area (TPSA) is 51.8 Å². The molecule has 0 saturated heterocycles. The van der Waals surface area contributed by atoms with E-state index in [9.17, 15) is 0 Å². The summed E-state index contributed by atoms with van der Waals surface area (Å²) in [6.45, 7) is 0. The zero-order chi connectivity index (χ0) is 6.85. The third-order valence-corrected chi connectivity index (χ3v) is 1.77. The molecule has 0 amide bonds. The van der Waals surface area contributed by atoms with Crippen LogP contribution in [0.5, 0.6) is 0 Å². The van der Waals surface area contributed by atoms with E-state index in [1.54, 1.807) is 6.07 Å². The molecule has 0 aliphatic heterocycles. The lowest BCUT2D eigenvalue weighted by molar-refractivity contribution is 1.01. The van der Waals surface area contributed by atoms with Gasteiger partial charge in [0, 0.05) is 6.07 Å². The molecule has 1 rings (SSSR count). The highest BCUT2D eigenvalue weighted by Crippen LogP contribution is 2.13. The zero-order valence-electron chi connectivity index (χ0n) is 4.31. The summed E-state index contributed by atoms with van der Waals surface area (Å²) in [6, 6.07) is 1.57. The Morgan fingerprint density at radius 1 is 1.56 bits per heavy atom. The number of hydrogen-bond acceptors (Lipinski definition) is 3. The summed E-state index contributed by atoms with van der Waals surface area (Å²) in [7, 11) is 0. The van der Waals surface area contributed by atoms with Gasteiger partial charge in [-0.1, -0.05) is 11.6 Å². The van der Waals surface area contributed by atoms with Crippen molar-refractivity contribution in [1.29, 1.82) is 0 Å². The van der Waals surface area contributed by atoms with E-state index in [1.165, 1.54) is 0 Å². The van der Waals surface area contributed by atoms with Crippen LogP contribution in [0.25, 0.3) is 0 Å². The normalized spacial score (nSPS) is 9.56. The van der Waals surface area contributed by atoms with Crippen molar-refractivity contribution in [2.24, 2.45) is 0 Å². The molecule has 1 heterocycles. The Labute approximate surface area is 70.7 Å². The standard InChI is InChI=1S/C4H3ClIN3/c5-3-1-2(7)4(6)9-8-3/h1H,(H2,7,8). The third-order valence-electron chi connectivity index (χ3n) is 0.746. The van der Waals surface area contributed by atoms with Crippen molar-refractivity contribution in [3.05, 3.63) is 14.9 Å². The van der Waals surface area contributed by atoms with Crippen LogP contribution < -0.4 is 5.73 Å². The molecule has 1 aromatic heterocycles. The average Bonchev–Trinajstić information content (AvgIpc) is 1.80. The van der Waals surface area contributed by atoms with Gasteiger partial charge in [-0.25, -0.2) is 0 Å². The van der Waals surface area contributed by atoms with Crippen molar-refractivity contribution in [2.75, 3.05) is 5.73 Å². The second kappa shape index (κ2) is 2.66. The number of halogens is 2. The van der Waals surface area contributed by atoms with Gasteiger partial charge in [-0.15, -0.1) is 10.2 Å². The van der Waals surface area contributed by atoms with Crippen LogP contribution in [0.2, 0.25) is 5.15 Å². The number of nitrogen functional groups attached to an aromatic ring is 1. The van der Waals surface area contributed by atoms with Crippen molar-refractivity contribution in [1.82, 2.24) is 10.2 Å². The molecule has 0 radical (unpaired) electrons. The smallest absolute Gasteiger partial charge is 0.153 e. The van der Waals surface area contributed by atoms with Crippen LogP contribution in [-0.4, -0.2) is 10.2 Å². The summed E-state index contributed by atoms with van der Waals surface area (Å²) in [4.78, 5) is 0. The van der Waals surface area contributed by atoms with Gasteiger partial charge in [0.1, 0.15) is 3.70 Å². The van der Waals surface area contributed by atoms with Crippen molar-refractivity contribution >= 4 is 39.9 Å². The minimum absolute atomic E-state index is 0.327. The van der Waals surface area contributed by atoms with Gasteiger partial charge in [0.05, 0.1) is 5.69 Å². The van der Waals surface area contributed by atoms with Gasteiger partial charge in [-0.05, 0) is 22.6 Å². The highest BCUT2D eigenvalue weighted by molar-refractivity contribution is 14.1. The molecule has 3 nitrogen and oxygen atoms in total. The van der Waals surface area contributed by atoms with E-state index in [4.69, 9.17) is 17.3 Å². The van der Waals surface area contributed by atoms with Gasteiger partial charge in [-0.2, -0.15) is 0 Å². The van der Waals surface area contributed by atoms with Crippen LogP contribution in [0.15, 0.2) is 6.07 Å². The quantitative estimate of drug-likeness (QED) is 0.711. The maximum atomic E-state index is 5.46. The van der Waals surface area contributed by atoms with Crippen molar-refractivity contribution in [2.45, 2.75) is 0 Å². The Morgan fingerprint density at radius 3 is 2.67 bits per heavy atom. The van der Waals surface area contributed by atoms with Gasteiger partial charge in [0.25, 0.3) is 0 Å². The molecular formula is C4H3ClIN3. The summed E-state index contributed by atoms with van der Waals surface area (Å²) in [5, 5.41) is 7.55. The number of rotatable bonds is 0. The van der Waals surface area contributed by atoms with Crippen molar-refractivity contribution in [3.8, 4) is 0 Å². The molecule has 48 valence electrons. The highest BCUT2D eigenvalue weighted by atomic mass is 127. The van der Waals surface area contributed by atoms with E-state index < -0.39 is 0 Å². The van der Waals surface area contributed by atoms with Gasteiger partial charge >= 0.3 is 0 Å². The Bertz CT molecular complexity index is 227. The SMILES string of the molecule is Nc1cc(Cl)nnc1I. The zero-order valence-corrected chi connectivity index (χ0v) is 7.22. The summed E-state index contributed by atoms with van der Waals surface area (Å²) in [5.74, 6) is 0. The molecule has 0 spiro atoms. The molecule has 2 N–H and O–H groups in total. The fourth-order valence-electron chi connectivity index (χ4n) is 0.366. The minimum atomic E-state index is 0.327. The Hall–Kier alpha value is -0.100. The van der Waals surface area contributed by atoms with Crippen molar-refractivity contribution < 1.29 is 0 Å². The lowest BCUT2D eigenvalue weighted by Crippen LogP contribution is -1.94. The largest absolute Gasteiger partial charge is 0.396 e. The Morgan fingerprint density at radius 2 is 2.22 bits per heavy atom. The predicted octanol–water partition coefficient (Wildman–Crippen LogP) is 1.32. The maximum Gasteiger partial charge on any atom is 0.153 e. The first-order chi connectivity index (χ1) is 4.20. The summed E-state index contributed by atoms with van der Waals surface area (Å²) < 4.78 is 0.678. The first-order valence-corrected chi connectivity index (χ1v) is 3.60. The van der Waals surface area contributed by atoms with Crippen LogP contribution in [-0.2, 0) is 0 Å². The first kappa shape index (κ1) is 7.01. The minimum Gasteiger partial charge on any atom is -0.396 e. The monoisotopic (exact) mass is 255 g/mol. The molecule has 0 aromatic carbocycles. The molecule has 0 aliphatic rings. The molecule has 0 unspecified atom stereocenters. The molecular weight excluding hydrogens is 252 g/mol. The maximum absolute atomic E-state index is 5.46. The fourth-order valence-corrected chi connectivity index (χ4v) is 0.785. The van der Waals surface area contributed by atoms with E-state index in [0.29, 0.717) is 14.5 Å². The number of aromatic nitrogens is 2. The molecule has 0 saturated carbocycles. The molecule has 9 heavy (non-hydrogen) atoms. The molecule has 1 aromatic rings. The van der Waals surface area contributed by atoms with Gasteiger partial charge in [0.2, 0.25) is 0 Å². The van der Waals surface area contributed by atoms with Crippen LogP contribution in [0.3, 0.4) is 0 Å². The predicted molar refractivity (Wildman–Crippen MR) is 44.2 cm³/mol. The molecule has 0 bridgehead atoms. The number of nitrogens with two attached hydrogens (primary N) is 1. The van der Waals surface area contributed by atoms with E-state index in [0.717, 1.165) is 0 Å². The third kappa shape index (κ3) is 1.65. The van der Waals surface area contributed by atoms with E-state index in [1.807, 2.05) is 22.6 Å². The first-order valence-electron chi connectivity index (χ1n) is 2.14. The number of nitrogens with zero attached hydrogens (tertiary/aromatic N) is 2. The highest BCUT2D eigenvalue weighted by Gasteiger charge is 1.96.